The molecule has 1 aliphatic heterocycles. The van der Waals surface area contributed by atoms with Crippen LogP contribution in [0.2, 0.25) is 5.02 Å². The maximum absolute atomic E-state index is 13.1. The van der Waals surface area contributed by atoms with Crippen molar-refractivity contribution in [3.8, 4) is 0 Å². The molecule has 0 spiro atoms. The SMILES string of the molecule is Nc1ncc(Cl)c2c1c(C(=O)Nc1nc3cc(I)ccc3o1)nn2[C@@H]1CCCNC1. The van der Waals surface area contributed by atoms with Gasteiger partial charge in [0.15, 0.2) is 11.3 Å². The number of aromatic nitrogens is 4. The Labute approximate surface area is 189 Å². The molecule has 30 heavy (non-hydrogen) atoms. The lowest BCUT2D eigenvalue weighted by Crippen LogP contribution is -2.32. The van der Waals surface area contributed by atoms with Gasteiger partial charge in [-0.15, -0.1) is 0 Å². The normalized spacial score (nSPS) is 16.9. The van der Waals surface area contributed by atoms with Gasteiger partial charge in [0.25, 0.3) is 5.91 Å². The van der Waals surface area contributed by atoms with E-state index in [1.165, 1.54) is 6.20 Å². The Kier molecular flexibility index (Phi) is 4.99. The van der Waals surface area contributed by atoms with Crippen LogP contribution in [-0.4, -0.2) is 38.7 Å². The van der Waals surface area contributed by atoms with Gasteiger partial charge in [-0.2, -0.15) is 10.1 Å². The third-order valence-corrected chi connectivity index (χ3v) is 6.06. The molecule has 1 aliphatic rings. The molecule has 9 nitrogen and oxygen atoms in total. The summed E-state index contributed by atoms with van der Waals surface area (Å²) in [5, 5.41) is 11.4. The highest BCUT2D eigenvalue weighted by Gasteiger charge is 2.27. The summed E-state index contributed by atoms with van der Waals surface area (Å²) < 4.78 is 8.44. The quantitative estimate of drug-likeness (QED) is 0.341. The Bertz CT molecular complexity index is 1280. The van der Waals surface area contributed by atoms with Gasteiger partial charge in [0.1, 0.15) is 11.3 Å². The highest BCUT2D eigenvalue weighted by atomic mass is 127. The first-order chi connectivity index (χ1) is 14.5. The minimum Gasteiger partial charge on any atom is -0.423 e. The molecule has 0 bridgehead atoms. The number of piperidine rings is 1. The van der Waals surface area contributed by atoms with E-state index in [9.17, 15) is 4.79 Å². The summed E-state index contributed by atoms with van der Waals surface area (Å²) in [4.78, 5) is 21.6. The van der Waals surface area contributed by atoms with Crippen molar-refractivity contribution in [3.05, 3.63) is 38.7 Å². The van der Waals surface area contributed by atoms with Crippen LogP contribution in [0.15, 0.2) is 28.8 Å². The number of carbonyl (C=O) groups excluding carboxylic acids is 1. The van der Waals surface area contributed by atoms with Crippen molar-refractivity contribution in [2.24, 2.45) is 0 Å². The fourth-order valence-electron chi connectivity index (χ4n) is 3.73. The smallest absolute Gasteiger partial charge is 0.302 e. The van der Waals surface area contributed by atoms with Crippen molar-refractivity contribution in [3.63, 3.8) is 0 Å². The van der Waals surface area contributed by atoms with Crippen molar-refractivity contribution in [1.82, 2.24) is 25.1 Å². The summed E-state index contributed by atoms with van der Waals surface area (Å²) in [7, 11) is 0. The van der Waals surface area contributed by atoms with Crippen LogP contribution in [0.1, 0.15) is 29.4 Å². The van der Waals surface area contributed by atoms with Gasteiger partial charge in [-0.1, -0.05) is 11.6 Å². The number of amides is 1. The number of carbonyl (C=O) groups is 1. The van der Waals surface area contributed by atoms with Crippen LogP contribution in [0.4, 0.5) is 11.8 Å². The lowest BCUT2D eigenvalue weighted by atomic mass is 10.1. The highest BCUT2D eigenvalue weighted by Crippen LogP contribution is 2.33. The molecular formula is C19H17ClIN7O2. The molecule has 4 aromatic rings. The predicted octanol–water partition coefficient (Wildman–Crippen LogP) is 3.59. The van der Waals surface area contributed by atoms with Gasteiger partial charge in [0.05, 0.1) is 28.2 Å². The molecule has 5 rings (SSSR count). The number of hydrogen-bond acceptors (Lipinski definition) is 7. The van der Waals surface area contributed by atoms with Crippen LogP contribution in [0, 0.1) is 3.57 Å². The Morgan fingerprint density at radius 1 is 1.43 bits per heavy atom. The summed E-state index contributed by atoms with van der Waals surface area (Å²) in [6, 6.07) is 5.74. The summed E-state index contributed by atoms with van der Waals surface area (Å²) in [6.07, 6.45) is 3.42. The average molecular weight is 538 g/mol. The maximum Gasteiger partial charge on any atom is 0.302 e. The monoisotopic (exact) mass is 537 g/mol. The number of nitrogens with two attached hydrogens (primary N) is 1. The number of halogens is 2. The molecule has 1 fully saturated rings. The minimum atomic E-state index is -0.487. The maximum atomic E-state index is 13.1. The highest BCUT2D eigenvalue weighted by molar-refractivity contribution is 14.1. The van der Waals surface area contributed by atoms with E-state index in [1.54, 1.807) is 4.68 Å². The van der Waals surface area contributed by atoms with Crippen molar-refractivity contribution in [2.75, 3.05) is 24.1 Å². The molecule has 0 aliphatic carbocycles. The van der Waals surface area contributed by atoms with Crippen molar-refractivity contribution < 1.29 is 9.21 Å². The molecule has 4 heterocycles. The Hall–Kier alpha value is -2.44. The molecule has 1 aromatic carbocycles. The van der Waals surface area contributed by atoms with Crippen LogP contribution in [-0.2, 0) is 0 Å². The molecule has 4 N–H and O–H groups in total. The molecule has 1 amide bonds. The number of benzene rings is 1. The van der Waals surface area contributed by atoms with Gasteiger partial charge < -0.3 is 15.5 Å². The van der Waals surface area contributed by atoms with Gasteiger partial charge in [-0.3, -0.25) is 14.8 Å². The second kappa shape index (κ2) is 7.67. The third kappa shape index (κ3) is 3.38. The molecule has 11 heteroatoms. The zero-order valence-electron chi connectivity index (χ0n) is 15.7. The van der Waals surface area contributed by atoms with Crippen molar-refractivity contribution >= 4 is 73.9 Å². The molecule has 3 aromatic heterocycles. The first-order valence-electron chi connectivity index (χ1n) is 9.41. The Balaban J connectivity index is 1.57. The van der Waals surface area contributed by atoms with Gasteiger partial charge in [0, 0.05) is 10.1 Å². The van der Waals surface area contributed by atoms with E-state index in [4.69, 9.17) is 21.8 Å². The summed E-state index contributed by atoms with van der Waals surface area (Å²) in [6.45, 7) is 1.69. The van der Waals surface area contributed by atoms with E-state index in [0.29, 0.717) is 27.0 Å². The van der Waals surface area contributed by atoms with Crippen LogP contribution >= 0.6 is 34.2 Å². The fourth-order valence-corrected chi connectivity index (χ4v) is 4.44. The lowest BCUT2D eigenvalue weighted by molar-refractivity contribution is 0.101. The van der Waals surface area contributed by atoms with Crippen LogP contribution < -0.4 is 16.4 Å². The van der Waals surface area contributed by atoms with E-state index in [0.717, 1.165) is 29.5 Å². The molecule has 1 saturated heterocycles. The van der Waals surface area contributed by atoms with E-state index in [-0.39, 0.29) is 23.6 Å². The Morgan fingerprint density at radius 2 is 2.30 bits per heavy atom. The first kappa shape index (κ1) is 19.5. The van der Waals surface area contributed by atoms with E-state index < -0.39 is 5.91 Å². The van der Waals surface area contributed by atoms with Gasteiger partial charge in [-0.25, -0.2) is 4.98 Å². The number of nitrogens with one attached hydrogen (secondary N) is 2. The minimum absolute atomic E-state index is 0.0634. The van der Waals surface area contributed by atoms with Gasteiger partial charge in [0.2, 0.25) is 0 Å². The molecular weight excluding hydrogens is 521 g/mol. The topological polar surface area (TPSA) is 124 Å². The zero-order chi connectivity index (χ0) is 20.8. The standard InChI is InChI=1S/C19H17ClIN7O2/c20-11-8-24-17(22)14-15(27-28(16(11)14)10-2-1-5-23-7-10)18(29)26-19-25-12-6-9(21)3-4-13(12)30-19/h3-4,6,8,10,23H,1-2,5,7H2,(H2,22,24)(H,25,26,29)/t10-/m1/s1. The van der Waals surface area contributed by atoms with Crippen LogP contribution in [0.25, 0.3) is 22.0 Å². The average Bonchev–Trinajstić information content (AvgIpc) is 3.33. The molecule has 0 radical (unpaired) electrons. The summed E-state index contributed by atoms with van der Waals surface area (Å²) in [5.74, 6) is -0.291. The number of anilines is 2. The van der Waals surface area contributed by atoms with Crippen molar-refractivity contribution in [1.29, 1.82) is 0 Å². The second-order valence-electron chi connectivity index (χ2n) is 7.09. The number of nitrogen functional groups attached to an aromatic ring is 1. The van der Waals surface area contributed by atoms with Gasteiger partial charge >= 0.3 is 6.01 Å². The number of hydrogen-bond donors (Lipinski definition) is 3. The second-order valence-corrected chi connectivity index (χ2v) is 8.75. The molecule has 1 atom stereocenters. The van der Waals surface area contributed by atoms with Crippen LogP contribution in [0.3, 0.4) is 0 Å². The third-order valence-electron chi connectivity index (χ3n) is 5.11. The number of fused-ring (bicyclic) bond motifs is 2. The molecule has 0 unspecified atom stereocenters. The zero-order valence-corrected chi connectivity index (χ0v) is 18.6. The fraction of sp³-hybridized carbons (Fsp3) is 0.263. The number of nitrogens with zero attached hydrogens (tertiary/aromatic N) is 4. The number of rotatable bonds is 3. The summed E-state index contributed by atoms with van der Waals surface area (Å²) in [5.41, 5.74) is 8.10. The largest absolute Gasteiger partial charge is 0.423 e. The molecule has 154 valence electrons. The van der Waals surface area contributed by atoms with Crippen molar-refractivity contribution in [2.45, 2.75) is 18.9 Å². The predicted molar refractivity (Wildman–Crippen MR) is 123 cm³/mol. The van der Waals surface area contributed by atoms with Gasteiger partial charge in [-0.05, 0) is 60.2 Å². The van der Waals surface area contributed by atoms with E-state index in [2.05, 4.69) is 48.3 Å². The van der Waals surface area contributed by atoms with E-state index in [1.807, 2.05) is 18.2 Å². The summed E-state index contributed by atoms with van der Waals surface area (Å²) >= 11 is 8.63. The number of oxazole rings is 1. The van der Waals surface area contributed by atoms with E-state index >= 15 is 0 Å². The first-order valence-corrected chi connectivity index (χ1v) is 10.9. The van der Waals surface area contributed by atoms with Crippen LogP contribution in [0.5, 0.6) is 0 Å². The number of pyridine rings is 1. The Morgan fingerprint density at radius 3 is 3.10 bits per heavy atom. The lowest BCUT2D eigenvalue weighted by Gasteiger charge is -2.24. The molecule has 0 saturated carbocycles.